The molecule has 0 aliphatic rings. The van der Waals surface area contributed by atoms with E-state index in [9.17, 15) is 4.79 Å². The van der Waals surface area contributed by atoms with Gasteiger partial charge in [-0.2, -0.15) is 4.98 Å². The van der Waals surface area contributed by atoms with Crippen molar-refractivity contribution >= 4 is 17.3 Å². The number of hydrogen-bond donors (Lipinski definition) is 1. The number of ether oxygens (including phenoxy) is 2. The van der Waals surface area contributed by atoms with Crippen LogP contribution in [0.4, 0.5) is 11.4 Å². The van der Waals surface area contributed by atoms with E-state index in [0.29, 0.717) is 30.1 Å². The van der Waals surface area contributed by atoms with Crippen molar-refractivity contribution in [1.82, 2.24) is 9.97 Å². The van der Waals surface area contributed by atoms with Gasteiger partial charge in [0.25, 0.3) is 5.91 Å². The van der Waals surface area contributed by atoms with Crippen LogP contribution < -0.4 is 19.7 Å². The number of amides is 1. The van der Waals surface area contributed by atoms with Crippen molar-refractivity contribution in [2.45, 2.75) is 13.5 Å². The first kappa shape index (κ1) is 25.3. The van der Waals surface area contributed by atoms with Crippen LogP contribution in [-0.4, -0.2) is 36.6 Å². The largest absolute Gasteiger partial charge is 0.480 e. The average Bonchev–Trinajstić information content (AvgIpc) is 2.94. The average molecular weight is 493 g/mol. The van der Waals surface area contributed by atoms with Crippen LogP contribution in [0.15, 0.2) is 85.1 Å². The SMILES string of the molecule is COc1ncc(C#CCN(Cc2ccccc2)c2ccccc2C(=O)Nc2ccc(C)cc2)c(OC)n1. The molecule has 186 valence electrons. The quantitative estimate of drug-likeness (QED) is 0.345. The van der Waals surface area contributed by atoms with Gasteiger partial charge in [-0.05, 0) is 36.8 Å². The molecule has 1 aromatic heterocycles. The predicted molar refractivity (Wildman–Crippen MR) is 145 cm³/mol. The van der Waals surface area contributed by atoms with Crippen molar-refractivity contribution in [2.75, 3.05) is 31.0 Å². The lowest BCUT2D eigenvalue weighted by Gasteiger charge is -2.25. The molecule has 4 aromatic rings. The van der Waals surface area contributed by atoms with Gasteiger partial charge in [0, 0.05) is 12.2 Å². The number of aromatic nitrogens is 2. The Kier molecular flexibility index (Phi) is 8.35. The van der Waals surface area contributed by atoms with Gasteiger partial charge >= 0.3 is 6.01 Å². The maximum atomic E-state index is 13.3. The summed E-state index contributed by atoms with van der Waals surface area (Å²) in [5.74, 6) is 6.45. The molecular weight excluding hydrogens is 464 g/mol. The molecule has 0 saturated heterocycles. The van der Waals surface area contributed by atoms with Crippen LogP contribution in [0.1, 0.15) is 27.0 Å². The summed E-state index contributed by atoms with van der Waals surface area (Å²) in [4.78, 5) is 23.7. The zero-order chi connectivity index (χ0) is 26.0. The highest BCUT2D eigenvalue weighted by molar-refractivity contribution is 6.08. The summed E-state index contributed by atoms with van der Waals surface area (Å²) in [5, 5.41) is 3.01. The molecule has 4 rings (SSSR count). The first-order chi connectivity index (χ1) is 18.1. The van der Waals surface area contributed by atoms with Gasteiger partial charge in [0.2, 0.25) is 5.88 Å². The smallest absolute Gasteiger partial charge is 0.319 e. The number of hydrogen-bond acceptors (Lipinski definition) is 6. The molecule has 0 unspecified atom stereocenters. The molecule has 7 heteroatoms. The Bertz CT molecular complexity index is 1410. The maximum absolute atomic E-state index is 13.3. The van der Waals surface area contributed by atoms with E-state index in [4.69, 9.17) is 9.47 Å². The van der Waals surface area contributed by atoms with Crippen LogP contribution in [0, 0.1) is 18.8 Å². The Balaban J connectivity index is 1.64. The Morgan fingerprint density at radius 2 is 1.68 bits per heavy atom. The highest BCUT2D eigenvalue weighted by Gasteiger charge is 2.17. The highest BCUT2D eigenvalue weighted by Crippen LogP contribution is 2.24. The number of nitrogens with one attached hydrogen (secondary N) is 1. The number of para-hydroxylation sites is 1. The molecule has 0 fully saturated rings. The molecule has 1 amide bonds. The lowest BCUT2D eigenvalue weighted by Crippen LogP contribution is -2.26. The van der Waals surface area contributed by atoms with Crippen LogP contribution in [0.25, 0.3) is 0 Å². The summed E-state index contributed by atoms with van der Waals surface area (Å²) < 4.78 is 10.4. The summed E-state index contributed by atoms with van der Waals surface area (Å²) in [7, 11) is 3.02. The van der Waals surface area contributed by atoms with E-state index in [-0.39, 0.29) is 11.9 Å². The fourth-order valence-corrected chi connectivity index (χ4v) is 3.73. The second-order valence-electron chi connectivity index (χ2n) is 8.26. The van der Waals surface area contributed by atoms with Crippen molar-refractivity contribution in [1.29, 1.82) is 0 Å². The van der Waals surface area contributed by atoms with Gasteiger partial charge in [-0.15, -0.1) is 0 Å². The summed E-state index contributed by atoms with van der Waals surface area (Å²) in [6.07, 6.45) is 1.57. The maximum Gasteiger partial charge on any atom is 0.319 e. The Hall–Kier alpha value is -4.83. The lowest BCUT2D eigenvalue weighted by molar-refractivity contribution is 0.102. The first-order valence-electron chi connectivity index (χ1n) is 11.8. The lowest BCUT2D eigenvalue weighted by atomic mass is 10.1. The molecule has 0 aliphatic carbocycles. The van der Waals surface area contributed by atoms with Gasteiger partial charge in [0.15, 0.2) is 0 Å². The number of nitrogens with zero attached hydrogens (tertiary/aromatic N) is 3. The van der Waals surface area contributed by atoms with E-state index in [1.807, 2.05) is 73.7 Å². The van der Waals surface area contributed by atoms with Crippen LogP contribution in [-0.2, 0) is 6.54 Å². The number of aryl methyl sites for hydroxylation is 1. The van der Waals surface area contributed by atoms with E-state index in [0.717, 1.165) is 22.5 Å². The predicted octanol–water partition coefficient (Wildman–Crippen LogP) is 5.11. The molecular formula is C30H28N4O3. The molecule has 37 heavy (non-hydrogen) atoms. The molecule has 1 N–H and O–H groups in total. The van der Waals surface area contributed by atoms with E-state index in [1.54, 1.807) is 6.20 Å². The van der Waals surface area contributed by atoms with Gasteiger partial charge in [0.05, 0.1) is 38.2 Å². The van der Waals surface area contributed by atoms with Crippen molar-refractivity contribution in [2.24, 2.45) is 0 Å². The standard InChI is InChI=1S/C30H28N4O3/c1-22-15-17-25(18-16-22)32-28(35)26-13-7-8-14-27(26)34(21-23-10-5-4-6-11-23)19-9-12-24-20-31-30(37-3)33-29(24)36-2/h4-8,10-11,13-18,20H,19,21H2,1-3H3,(H,32,35). The Morgan fingerprint density at radius 3 is 2.41 bits per heavy atom. The second-order valence-corrected chi connectivity index (χ2v) is 8.26. The third-order valence-electron chi connectivity index (χ3n) is 5.62. The fourth-order valence-electron chi connectivity index (χ4n) is 3.73. The molecule has 0 bridgehead atoms. The van der Waals surface area contributed by atoms with E-state index in [1.165, 1.54) is 14.2 Å². The number of rotatable bonds is 8. The van der Waals surface area contributed by atoms with Crippen LogP contribution in [0.2, 0.25) is 0 Å². The van der Waals surface area contributed by atoms with Gasteiger partial charge in [-0.1, -0.05) is 72.0 Å². The number of benzene rings is 3. The van der Waals surface area contributed by atoms with E-state index in [2.05, 4.69) is 44.2 Å². The Morgan fingerprint density at radius 1 is 0.946 bits per heavy atom. The normalized spacial score (nSPS) is 10.1. The molecule has 7 nitrogen and oxygen atoms in total. The number of carbonyl (C=O) groups excluding carboxylic acids is 1. The molecule has 0 radical (unpaired) electrons. The van der Waals surface area contributed by atoms with Gasteiger partial charge < -0.3 is 19.7 Å². The third kappa shape index (κ3) is 6.65. The minimum atomic E-state index is -0.185. The minimum Gasteiger partial charge on any atom is -0.480 e. The fraction of sp³-hybridized carbons (Fsp3) is 0.167. The summed E-state index contributed by atoms with van der Waals surface area (Å²) >= 11 is 0. The van der Waals surface area contributed by atoms with Gasteiger partial charge in [-0.25, -0.2) is 4.98 Å². The molecule has 0 saturated carbocycles. The molecule has 1 heterocycles. The molecule has 0 spiro atoms. The zero-order valence-electron chi connectivity index (χ0n) is 21.1. The molecule has 0 atom stereocenters. The second kappa shape index (κ2) is 12.2. The highest BCUT2D eigenvalue weighted by atomic mass is 16.5. The number of methoxy groups -OCH3 is 2. The topological polar surface area (TPSA) is 76.6 Å². The summed E-state index contributed by atoms with van der Waals surface area (Å²) in [6.45, 7) is 2.94. The van der Waals surface area contributed by atoms with Crippen molar-refractivity contribution < 1.29 is 14.3 Å². The van der Waals surface area contributed by atoms with Gasteiger partial charge in [-0.3, -0.25) is 4.79 Å². The van der Waals surface area contributed by atoms with Crippen LogP contribution in [0.5, 0.6) is 11.9 Å². The van der Waals surface area contributed by atoms with Crippen molar-refractivity contribution in [3.05, 3.63) is 107 Å². The number of carbonyl (C=O) groups is 1. The van der Waals surface area contributed by atoms with E-state index >= 15 is 0 Å². The summed E-state index contributed by atoms with van der Waals surface area (Å²) in [6, 6.07) is 25.6. The number of anilines is 2. The van der Waals surface area contributed by atoms with Crippen LogP contribution in [0.3, 0.4) is 0 Å². The minimum absolute atomic E-state index is 0.185. The third-order valence-corrected chi connectivity index (χ3v) is 5.62. The van der Waals surface area contributed by atoms with Crippen molar-refractivity contribution in [3.63, 3.8) is 0 Å². The van der Waals surface area contributed by atoms with E-state index < -0.39 is 0 Å². The molecule has 3 aromatic carbocycles. The monoisotopic (exact) mass is 492 g/mol. The Labute approximate surface area is 217 Å². The van der Waals surface area contributed by atoms with Crippen LogP contribution >= 0.6 is 0 Å². The van der Waals surface area contributed by atoms with Crippen molar-refractivity contribution in [3.8, 4) is 23.7 Å². The zero-order valence-corrected chi connectivity index (χ0v) is 21.1. The van der Waals surface area contributed by atoms with Gasteiger partial charge in [0.1, 0.15) is 5.56 Å². The first-order valence-corrected chi connectivity index (χ1v) is 11.8. The molecule has 0 aliphatic heterocycles. The summed E-state index contributed by atoms with van der Waals surface area (Å²) in [5.41, 5.74) is 4.86.